The molecule has 3 aliphatic rings. The minimum atomic E-state index is -1.11. The second-order valence-corrected chi connectivity index (χ2v) is 8.80. The van der Waals surface area contributed by atoms with Gasteiger partial charge in [-0.1, -0.05) is 6.07 Å². The summed E-state index contributed by atoms with van der Waals surface area (Å²) in [5, 5.41) is 7.15. The smallest absolute Gasteiger partial charge is 0.326 e. The van der Waals surface area contributed by atoms with Crippen LogP contribution in [-0.2, 0) is 16.9 Å². The highest BCUT2D eigenvalue weighted by Crippen LogP contribution is 2.37. The Morgan fingerprint density at radius 1 is 1.07 bits per heavy atom. The Labute approximate surface area is 179 Å². The lowest BCUT2D eigenvalue weighted by Gasteiger charge is -2.36. The van der Waals surface area contributed by atoms with Gasteiger partial charge in [-0.05, 0) is 47.0 Å². The largest absolute Gasteiger partial charge is 0.454 e. The number of carbonyl (C=O) groups excluding carboxylic acids is 2. The van der Waals surface area contributed by atoms with Gasteiger partial charge >= 0.3 is 6.03 Å². The van der Waals surface area contributed by atoms with Crippen molar-refractivity contribution in [2.75, 3.05) is 39.6 Å². The molecule has 5 rings (SSSR count). The number of rotatable bonds is 5. The van der Waals surface area contributed by atoms with Crippen molar-refractivity contribution in [3.8, 4) is 11.5 Å². The molecular weight excluding hydrogens is 404 g/mol. The minimum absolute atomic E-state index is 0.167. The summed E-state index contributed by atoms with van der Waals surface area (Å²) in [5.41, 5.74) is 0.911. The molecule has 4 heterocycles. The van der Waals surface area contributed by atoms with Crippen LogP contribution in [0.15, 0.2) is 35.0 Å². The number of nitrogens with one attached hydrogen (secondary N) is 1. The number of piperazine rings is 1. The Balaban J connectivity index is 1.23. The molecule has 1 N–H and O–H groups in total. The SMILES string of the molecule is C[C@]1(c2ccc3c(c2)OCO3)NC(=O)N(CN2CCN(Cc3ccsc3)CC2)C1=O. The van der Waals surface area contributed by atoms with E-state index in [0.29, 0.717) is 23.7 Å². The Morgan fingerprint density at radius 2 is 1.83 bits per heavy atom. The molecule has 0 aliphatic carbocycles. The lowest BCUT2D eigenvalue weighted by molar-refractivity contribution is -0.132. The zero-order valence-corrected chi connectivity index (χ0v) is 17.6. The molecule has 9 heteroatoms. The normalized spacial score (nSPS) is 24.5. The third-order valence-corrected chi connectivity index (χ3v) is 6.75. The number of imide groups is 1. The summed E-state index contributed by atoms with van der Waals surface area (Å²) in [7, 11) is 0. The molecule has 1 aromatic heterocycles. The summed E-state index contributed by atoms with van der Waals surface area (Å²) < 4.78 is 10.8. The number of fused-ring (bicyclic) bond motifs is 1. The van der Waals surface area contributed by atoms with Gasteiger partial charge in [-0.3, -0.25) is 14.6 Å². The Bertz CT molecular complexity index is 958. The number of hydrogen-bond donors (Lipinski definition) is 1. The molecule has 1 aromatic carbocycles. The Kier molecular flexibility index (Phi) is 4.88. The highest BCUT2D eigenvalue weighted by atomic mass is 32.1. The van der Waals surface area contributed by atoms with Crippen LogP contribution >= 0.6 is 11.3 Å². The van der Waals surface area contributed by atoms with Gasteiger partial charge in [0.25, 0.3) is 5.91 Å². The fraction of sp³-hybridized carbons (Fsp3) is 0.429. The summed E-state index contributed by atoms with van der Waals surface area (Å²) in [6.45, 7) is 6.63. The number of hydrogen-bond acceptors (Lipinski definition) is 7. The lowest BCUT2D eigenvalue weighted by atomic mass is 9.92. The van der Waals surface area contributed by atoms with Gasteiger partial charge in [-0.2, -0.15) is 11.3 Å². The van der Waals surface area contributed by atoms with Crippen LogP contribution < -0.4 is 14.8 Å². The van der Waals surface area contributed by atoms with Crippen molar-refractivity contribution in [3.05, 3.63) is 46.2 Å². The monoisotopic (exact) mass is 428 g/mol. The van der Waals surface area contributed by atoms with Crippen LogP contribution in [0.4, 0.5) is 4.79 Å². The molecule has 8 nitrogen and oxygen atoms in total. The van der Waals surface area contributed by atoms with E-state index in [-0.39, 0.29) is 18.7 Å². The van der Waals surface area contributed by atoms with Crippen LogP contribution in [0, 0.1) is 0 Å². The first-order valence-corrected chi connectivity index (χ1v) is 11.0. The van der Waals surface area contributed by atoms with Crippen molar-refractivity contribution in [2.45, 2.75) is 19.0 Å². The van der Waals surface area contributed by atoms with E-state index in [1.54, 1.807) is 36.5 Å². The molecule has 3 aliphatic heterocycles. The molecule has 3 amide bonds. The first kappa shape index (κ1) is 19.3. The molecule has 2 aromatic rings. The molecule has 0 unspecified atom stereocenters. The van der Waals surface area contributed by atoms with Gasteiger partial charge in [-0.15, -0.1) is 0 Å². The van der Waals surface area contributed by atoms with Gasteiger partial charge in [0.15, 0.2) is 11.5 Å². The van der Waals surface area contributed by atoms with Crippen molar-refractivity contribution in [3.63, 3.8) is 0 Å². The van der Waals surface area contributed by atoms with Crippen LogP contribution in [0.3, 0.4) is 0 Å². The number of benzene rings is 1. The van der Waals surface area contributed by atoms with Crippen molar-refractivity contribution in [2.24, 2.45) is 0 Å². The van der Waals surface area contributed by atoms with Gasteiger partial charge in [0.2, 0.25) is 6.79 Å². The second kappa shape index (κ2) is 7.57. The van der Waals surface area contributed by atoms with Crippen molar-refractivity contribution < 1.29 is 19.1 Å². The van der Waals surface area contributed by atoms with Crippen LogP contribution in [0.5, 0.6) is 11.5 Å². The van der Waals surface area contributed by atoms with E-state index in [1.165, 1.54) is 10.5 Å². The highest BCUT2D eigenvalue weighted by molar-refractivity contribution is 7.07. The highest BCUT2D eigenvalue weighted by Gasteiger charge is 2.49. The average Bonchev–Trinajstić information content (AvgIpc) is 3.47. The molecule has 158 valence electrons. The Morgan fingerprint density at radius 3 is 2.60 bits per heavy atom. The summed E-state index contributed by atoms with van der Waals surface area (Å²) in [6, 6.07) is 7.14. The molecule has 0 saturated carbocycles. The number of thiophene rings is 1. The van der Waals surface area contributed by atoms with E-state index in [2.05, 4.69) is 31.9 Å². The predicted molar refractivity (Wildman–Crippen MR) is 111 cm³/mol. The predicted octanol–water partition coefficient (Wildman–Crippen LogP) is 2.02. The van der Waals surface area contributed by atoms with Crippen molar-refractivity contribution in [1.29, 1.82) is 0 Å². The van der Waals surface area contributed by atoms with E-state index in [1.807, 2.05) is 0 Å². The first-order chi connectivity index (χ1) is 14.5. The van der Waals surface area contributed by atoms with Crippen molar-refractivity contribution >= 4 is 23.3 Å². The maximum absolute atomic E-state index is 13.2. The molecule has 0 spiro atoms. The zero-order chi connectivity index (χ0) is 20.7. The van der Waals surface area contributed by atoms with Gasteiger partial charge in [0.05, 0.1) is 6.67 Å². The number of carbonyl (C=O) groups is 2. The van der Waals surface area contributed by atoms with E-state index < -0.39 is 5.54 Å². The minimum Gasteiger partial charge on any atom is -0.454 e. The van der Waals surface area contributed by atoms with E-state index in [9.17, 15) is 9.59 Å². The number of nitrogens with zero attached hydrogens (tertiary/aromatic N) is 3. The van der Waals surface area contributed by atoms with Crippen molar-refractivity contribution in [1.82, 2.24) is 20.0 Å². The summed E-state index contributed by atoms with van der Waals surface area (Å²) in [5.74, 6) is 0.999. The van der Waals surface area contributed by atoms with Crippen LogP contribution in [0.2, 0.25) is 0 Å². The molecule has 2 saturated heterocycles. The second-order valence-electron chi connectivity index (χ2n) is 8.02. The van der Waals surface area contributed by atoms with Crippen LogP contribution in [-0.4, -0.2) is 66.3 Å². The fourth-order valence-corrected chi connectivity index (χ4v) is 4.82. The van der Waals surface area contributed by atoms with Gasteiger partial charge in [-0.25, -0.2) is 9.69 Å². The van der Waals surface area contributed by atoms with Gasteiger partial charge in [0, 0.05) is 32.7 Å². The standard InChI is InChI=1S/C21H24N4O4S/c1-21(16-2-3-17-18(10-16)29-14-28-17)19(26)25(20(27)22-21)13-24-7-5-23(6-8-24)11-15-4-9-30-12-15/h2-4,9-10,12H,5-8,11,13-14H2,1H3,(H,22,27)/t21-/m1/s1. The first-order valence-electron chi connectivity index (χ1n) is 10.0. The number of amides is 3. The molecular formula is C21H24N4O4S. The molecule has 30 heavy (non-hydrogen) atoms. The third kappa shape index (κ3) is 3.42. The summed E-state index contributed by atoms with van der Waals surface area (Å²) >= 11 is 1.71. The van der Waals surface area contributed by atoms with Gasteiger partial charge in [0.1, 0.15) is 5.54 Å². The van der Waals surface area contributed by atoms with E-state index >= 15 is 0 Å². The van der Waals surface area contributed by atoms with Crippen LogP contribution in [0.25, 0.3) is 0 Å². The van der Waals surface area contributed by atoms with Crippen LogP contribution in [0.1, 0.15) is 18.1 Å². The lowest BCUT2D eigenvalue weighted by Crippen LogP contribution is -2.51. The van der Waals surface area contributed by atoms with E-state index in [4.69, 9.17) is 9.47 Å². The van der Waals surface area contributed by atoms with Gasteiger partial charge < -0.3 is 14.8 Å². The van der Waals surface area contributed by atoms with E-state index in [0.717, 1.165) is 32.7 Å². The molecule has 2 fully saturated rings. The Hall–Kier alpha value is -2.62. The number of ether oxygens (including phenoxy) is 2. The summed E-state index contributed by atoms with van der Waals surface area (Å²) in [4.78, 5) is 31.8. The molecule has 0 bridgehead atoms. The molecule has 0 radical (unpaired) electrons. The average molecular weight is 429 g/mol. The number of urea groups is 1. The topological polar surface area (TPSA) is 74.4 Å². The fourth-order valence-electron chi connectivity index (χ4n) is 4.16. The maximum Gasteiger partial charge on any atom is 0.326 e. The zero-order valence-electron chi connectivity index (χ0n) is 16.8. The summed E-state index contributed by atoms with van der Waals surface area (Å²) in [6.07, 6.45) is 0. The maximum atomic E-state index is 13.2. The quantitative estimate of drug-likeness (QED) is 0.735. The molecule has 1 atom stereocenters. The third-order valence-electron chi connectivity index (χ3n) is 6.02.